The van der Waals surface area contributed by atoms with Crippen LogP contribution in [0.5, 0.6) is 11.5 Å². The van der Waals surface area contributed by atoms with E-state index in [0.717, 1.165) is 11.1 Å². The van der Waals surface area contributed by atoms with E-state index >= 15 is 0 Å². The van der Waals surface area contributed by atoms with Gasteiger partial charge in [0, 0.05) is 12.6 Å². The first-order valence-electron chi connectivity index (χ1n) is 8.62. The van der Waals surface area contributed by atoms with E-state index in [-0.39, 0.29) is 12.5 Å². The minimum absolute atomic E-state index is 0.149. The standard InChI is InChI=1S/C20H22N2O5/c1-26-14-7-8-16(18(11-14)27-2)21-20(25)22-10-9-13-5-3-4-6-15(13)17(22)12-19(23)24/h3-8,11,17H,9-10,12H2,1-2H3,(H,21,25)(H,23,24)/t17-/m1/s1. The fourth-order valence-electron chi connectivity index (χ4n) is 3.37. The zero-order chi connectivity index (χ0) is 19.4. The van der Waals surface area contributed by atoms with Crippen LogP contribution in [0.25, 0.3) is 0 Å². The quantitative estimate of drug-likeness (QED) is 0.843. The fraction of sp³-hybridized carbons (Fsp3) is 0.300. The number of amides is 2. The number of carboxylic acid groups (broad SMARTS) is 1. The molecular formula is C20H22N2O5. The van der Waals surface area contributed by atoms with Gasteiger partial charge in [-0.2, -0.15) is 0 Å². The molecule has 0 spiro atoms. The Kier molecular flexibility index (Phi) is 5.49. The second kappa shape index (κ2) is 7.99. The van der Waals surface area contributed by atoms with Crippen LogP contribution in [0.15, 0.2) is 42.5 Å². The summed E-state index contributed by atoms with van der Waals surface area (Å²) in [5, 5.41) is 12.2. The number of rotatable bonds is 5. The van der Waals surface area contributed by atoms with E-state index in [1.165, 1.54) is 7.11 Å². The van der Waals surface area contributed by atoms with Gasteiger partial charge in [0.25, 0.3) is 0 Å². The number of carbonyl (C=O) groups excluding carboxylic acids is 1. The molecule has 0 radical (unpaired) electrons. The molecule has 7 heteroatoms. The topological polar surface area (TPSA) is 88.1 Å². The summed E-state index contributed by atoms with van der Waals surface area (Å²) in [5.41, 5.74) is 2.45. The number of aliphatic carboxylic acids is 1. The lowest BCUT2D eigenvalue weighted by atomic mass is 9.91. The summed E-state index contributed by atoms with van der Waals surface area (Å²) in [6, 6.07) is 11.9. The first-order chi connectivity index (χ1) is 13.0. The first-order valence-corrected chi connectivity index (χ1v) is 8.62. The van der Waals surface area contributed by atoms with E-state index in [0.29, 0.717) is 30.2 Å². The van der Waals surface area contributed by atoms with Gasteiger partial charge in [0.05, 0.1) is 32.4 Å². The van der Waals surface area contributed by atoms with Crippen LogP contribution in [0.4, 0.5) is 10.5 Å². The molecule has 0 aliphatic carbocycles. The van der Waals surface area contributed by atoms with Crippen LogP contribution in [0.2, 0.25) is 0 Å². The average molecular weight is 370 g/mol. The van der Waals surface area contributed by atoms with Gasteiger partial charge in [0.15, 0.2) is 0 Å². The largest absolute Gasteiger partial charge is 0.497 e. The number of anilines is 1. The van der Waals surface area contributed by atoms with Crippen molar-refractivity contribution in [3.8, 4) is 11.5 Å². The molecule has 142 valence electrons. The summed E-state index contributed by atoms with van der Waals surface area (Å²) in [6.07, 6.45) is 0.531. The number of carboxylic acids is 1. The van der Waals surface area contributed by atoms with Crippen LogP contribution in [0.1, 0.15) is 23.6 Å². The van der Waals surface area contributed by atoms with Crippen molar-refractivity contribution in [1.29, 1.82) is 0 Å². The Labute approximate surface area is 157 Å². The maximum absolute atomic E-state index is 12.9. The summed E-state index contributed by atoms with van der Waals surface area (Å²) in [5.74, 6) is 0.131. The van der Waals surface area contributed by atoms with Crippen LogP contribution < -0.4 is 14.8 Å². The second-order valence-corrected chi connectivity index (χ2v) is 6.25. The normalized spacial score (nSPS) is 15.6. The van der Waals surface area contributed by atoms with Crippen LogP contribution in [0, 0.1) is 0 Å². The highest BCUT2D eigenvalue weighted by Crippen LogP contribution is 2.34. The van der Waals surface area contributed by atoms with Crippen LogP contribution in [-0.4, -0.2) is 42.8 Å². The van der Waals surface area contributed by atoms with Crippen molar-refractivity contribution in [2.75, 3.05) is 26.1 Å². The van der Waals surface area contributed by atoms with E-state index in [2.05, 4.69) is 5.32 Å². The van der Waals surface area contributed by atoms with Gasteiger partial charge in [-0.1, -0.05) is 24.3 Å². The molecule has 7 nitrogen and oxygen atoms in total. The highest BCUT2D eigenvalue weighted by atomic mass is 16.5. The lowest BCUT2D eigenvalue weighted by Crippen LogP contribution is -2.43. The highest BCUT2D eigenvalue weighted by Gasteiger charge is 2.32. The Morgan fingerprint density at radius 3 is 2.67 bits per heavy atom. The molecule has 2 N–H and O–H groups in total. The number of benzene rings is 2. The van der Waals surface area contributed by atoms with Crippen LogP contribution in [0.3, 0.4) is 0 Å². The number of methoxy groups -OCH3 is 2. The van der Waals surface area contributed by atoms with Crippen LogP contribution in [-0.2, 0) is 11.2 Å². The third-order valence-electron chi connectivity index (χ3n) is 4.69. The smallest absolute Gasteiger partial charge is 0.322 e. The van der Waals surface area contributed by atoms with Gasteiger partial charge in [0.1, 0.15) is 11.5 Å². The number of fused-ring (bicyclic) bond motifs is 1. The monoisotopic (exact) mass is 370 g/mol. The Morgan fingerprint density at radius 2 is 1.96 bits per heavy atom. The number of hydrogen-bond acceptors (Lipinski definition) is 4. The van der Waals surface area contributed by atoms with Gasteiger partial charge in [0.2, 0.25) is 0 Å². The summed E-state index contributed by atoms with van der Waals surface area (Å²) in [4.78, 5) is 25.9. The second-order valence-electron chi connectivity index (χ2n) is 6.25. The van der Waals surface area contributed by atoms with E-state index in [9.17, 15) is 14.7 Å². The molecule has 1 heterocycles. The molecule has 2 aromatic carbocycles. The van der Waals surface area contributed by atoms with Crippen molar-refractivity contribution in [2.24, 2.45) is 0 Å². The van der Waals surface area contributed by atoms with Gasteiger partial charge in [-0.25, -0.2) is 4.79 Å². The Hall–Kier alpha value is -3.22. The molecule has 1 aliphatic heterocycles. The van der Waals surface area contributed by atoms with Crippen LogP contribution >= 0.6 is 0 Å². The highest BCUT2D eigenvalue weighted by molar-refractivity contribution is 5.92. The maximum atomic E-state index is 12.9. The summed E-state index contributed by atoms with van der Waals surface area (Å²) < 4.78 is 10.5. The fourth-order valence-corrected chi connectivity index (χ4v) is 3.37. The van der Waals surface area contributed by atoms with E-state index in [4.69, 9.17) is 9.47 Å². The number of urea groups is 1. The van der Waals surface area contributed by atoms with Crippen molar-refractivity contribution in [2.45, 2.75) is 18.9 Å². The molecule has 2 amide bonds. The first kappa shape index (κ1) is 18.6. The summed E-state index contributed by atoms with van der Waals surface area (Å²) >= 11 is 0. The van der Waals surface area contributed by atoms with Crippen molar-refractivity contribution >= 4 is 17.7 Å². The Morgan fingerprint density at radius 1 is 1.19 bits per heavy atom. The molecular weight excluding hydrogens is 348 g/mol. The van der Waals surface area contributed by atoms with Gasteiger partial charge in [-0.3, -0.25) is 4.79 Å². The molecule has 1 atom stereocenters. The third-order valence-corrected chi connectivity index (χ3v) is 4.69. The number of carbonyl (C=O) groups is 2. The van der Waals surface area contributed by atoms with E-state index in [1.54, 1.807) is 30.2 Å². The molecule has 0 unspecified atom stereocenters. The zero-order valence-electron chi connectivity index (χ0n) is 15.3. The SMILES string of the molecule is COc1ccc(NC(=O)N2CCc3ccccc3[C@H]2CC(=O)O)c(OC)c1. The molecule has 2 aromatic rings. The molecule has 0 aromatic heterocycles. The minimum atomic E-state index is -0.948. The lowest BCUT2D eigenvalue weighted by molar-refractivity contribution is -0.138. The summed E-state index contributed by atoms with van der Waals surface area (Å²) in [6.45, 7) is 0.444. The van der Waals surface area contributed by atoms with Crippen molar-refractivity contribution < 1.29 is 24.2 Å². The zero-order valence-corrected chi connectivity index (χ0v) is 15.3. The van der Waals surface area contributed by atoms with Crippen molar-refractivity contribution in [3.05, 3.63) is 53.6 Å². The lowest BCUT2D eigenvalue weighted by Gasteiger charge is -2.36. The third kappa shape index (κ3) is 3.97. The molecule has 3 rings (SSSR count). The number of nitrogens with one attached hydrogen (secondary N) is 1. The van der Waals surface area contributed by atoms with Gasteiger partial charge in [-0.15, -0.1) is 0 Å². The van der Waals surface area contributed by atoms with Gasteiger partial charge < -0.3 is 24.8 Å². The minimum Gasteiger partial charge on any atom is -0.497 e. The molecule has 1 aliphatic rings. The van der Waals surface area contributed by atoms with E-state index < -0.39 is 12.0 Å². The van der Waals surface area contributed by atoms with Crippen molar-refractivity contribution in [3.63, 3.8) is 0 Å². The molecule has 0 fully saturated rings. The Balaban J connectivity index is 1.86. The summed E-state index contributed by atoms with van der Waals surface area (Å²) in [7, 11) is 3.06. The molecule has 27 heavy (non-hydrogen) atoms. The maximum Gasteiger partial charge on any atom is 0.322 e. The van der Waals surface area contributed by atoms with Gasteiger partial charge >= 0.3 is 12.0 Å². The number of hydrogen-bond donors (Lipinski definition) is 2. The Bertz CT molecular complexity index is 852. The number of nitrogens with zero attached hydrogens (tertiary/aromatic N) is 1. The van der Waals surface area contributed by atoms with Crippen molar-refractivity contribution in [1.82, 2.24) is 4.90 Å². The average Bonchev–Trinajstić information content (AvgIpc) is 2.68. The molecule has 0 bridgehead atoms. The van der Waals surface area contributed by atoms with E-state index in [1.807, 2.05) is 24.3 Å². The van der Waals surface area contributed by atoms with Gasteiger partial charge in [-0.05, 0) is 29.7 Å². The molecule has 0 saturated heterocycles. The predicted octanol–water partition coefficient (Wildman–Crippen LogP) is 3.31. The molecule has 0 saturated carbocycles. The predicted molar refractivity (Wildman–Crippen MR) is 100 cm³/mol. The number of ether oxygens (including phenoxy) is 2.